The molecule has 1 saturated heterocycles. The van der Waals surface area contributed by atoms with Gasteiger partial charge in [-0.3, -0.25) is 0 Å². The molecule has 0 aliphatic carbocycles. The van der Waals surface area contributed by atoms with Crippen molar-refractivity contribution in [1.29, 1.82) is 0 Å². The summed E-state index contributed by atoms with van der Waals surface area (Å²) in [4.78, 5) is 11.6. The molecule has 5 heteroatoms. The molecule has 0 spiro atoms. The molecule has 3 rings (SSSR count). The highest BCUT2D eigenvalue weighted by Gasteiger charge is 2.53. The molecule has 1 N–H and O–H groups in total. The van der Waals surface area contributed by atoms with E-state index in [-0.39, 0.29) is 5.54 Å². The molecule has 2 aromatic rings. The number of aryl methyl sites for hydroxylation is 1. The molecule has 146 valence electrons. The number of likely N-dealkylation sites (tertiary alicyclic amines) is 1. The van der Waals surface area contributed by atoms with Crippen LogP contribution in [0.4, 0.5) is 0 Å². The van der Waals surface area contributed by atoms with Crippen LogP contribution in [0.3, 0.4) is 0 Å². The Morgan fingerprint density at radius 3 is 2.56 bits per heavy atom. The average molecular weight is 368 g/mol. The monoisotopic (exact) mass is 367 g/mol. The number of rotatable bonds is 5. The Bertz CT molecular complexity index is 816. The first-order valence-electron chi connectivity index (χ1n) is 9.86. The second kappa shape index (κ2) is 7.37. The summed E-state index contributed by atoms with van der Waals surface area (Å²) in [5.41, 5.74) is 2.91. The van der Waals surface area contributed by atoms with Crippen molar-refractivity contribution < 1.29 is 0 Å². The first-order valence-corrected chi connectivity index (χ1v) is 9.86. The SMILES string of the molecule is CCNC(=NCc1cccc(Cn2ccnc2C)c1)N1CC(C)(C)C1(C)C. The molecule has 0 bridgehead atoms. The van der Waals surface area contributed by atoms with Crippen LogP contribution in [-0.2, 0) is 13.1 Å². The highest BCUT2D eigenvalue weighted by atomic mass is 15.4. The highest BCUT2D eigenvalue weighted by molar-refractivity contribution is 5.82. The number of imidazole rings is 1. The number of aromatic nitrogens is 2. The van der Waals surface area contributed by atoms with Crippen LogP contribution in [-0.4, -0.2) is 39.0 Å². The van der Waals surface area contributed by atoms with Crippen molar-refractivity contribution in [3.8, 4) is 0 Å². The highest BCUT2D eigenvalue weighted by Crippen LogP contribution is 2.46. The second-order valence-corrected chi connectivity index (χ2v) is 8.62. The summed E-state index contributed by atoms with van der Waals surface area (Å²) in [5, 5.41) is 3.47. The predicted molar refractivity (Wildman–Crippen MR) is 112 cm³/mol. The van der Waals surface area contributed by atoms with Gasteiger partial charge in [0.15, 0.2) is 5.96 Å². The summed E-state index contributed by atoms with van der Waals surface area (Å²) in [6, 6.07) is 8.69. The van der Waals surface area contributed by atoms with Crippen molar-refractivity contribution in [2.45, 2.75) is 60.2 Å². The van der Waals surface area contributed by atoms with E-state index in [1.165, 1.54) is 11.1 Å². The summed E-state index contributed by atoms with van der Waals surface area (Å²) < 4.78 is 2.16. The summed E-state index contributed by atoms with van der Waals surface area (Å²) in [6.45, 7) is 16.9. The van der Waals surface area contributed by atoms with Gasteiger partial charge in [0, 0.05) is 43.0 Å². The van der Waals surface area contributed by atoms with E-state index >= 15 is 0 Å². The van der Waals surface area contributed by atoms with E-state index in [2.05, 4.69) is 78.7 Å². The Labute approximate surface area is 163 Å². The van der Waals surface area contributed by atoms with Gasteiger partial charge >= 0.3 is 0 Å². The van der Waals surface area contributed by atoms with Crippen molar-refractivity contribution in [3.63, 3.8) is 0 Å². The van der Waals surface area contributed by atoms with Crippen molar-refractivity contribution in [1.82, 2.24) is 19.8 Å². The zero-order valence-electron chi connectivity index (χ0n) is 17.6. The lowest BCUT2D eigenvalue weighted by atomic mass is 9.65. The molecule has 1 aliphatic heterocycles. The molecule has 5 nitrogen and oxygen atoms in total. The maximum Gasteiger partial charge on any atom is 0.194 e. The minimum absolute atomic E-state index is 0.106. The Morgan fingerprint density at radius 2 is 1.96 bits per heavy atom. The van der Waals surface area contributed by atoms with E-state index in [0.717, 1.165) is 31.4 Å². The van der Waals surface area contributed by atoms with Crippen LogP contribution in [0.15, 0.2) is 41.7 Å². The second-order valence-electron chi connectivity index (χ2n) is 8.62. The summed E-state index contributed by atoms with van der Waals surface area (Å²) in [6.07, 6.45) is 3.87. The van der Waals surface area contributed by atoms with Crippen LogP contribution >= 0.6 is 0 Å². The Kier molecular flexibility index (Phi) is 5.31. The topological polar surface area (TPSA) is 45.5 Å². The van der Waals surface area contributed by atoms with Crippen LogP contribution in [0.1, 0.15) is 51.6 Å². The van der Waals surface area contributed by atoms with Gasteiger partial charge in [0.05, 0.1) is 6.54 Å². The molecule has 0 amide bonds. The maximum atomic E-state index is 4.93. The van der Waals surface area contributed by atoms with Crippen molar-refractivity contribution in [2.75, 3.05) is 13.1 Å². The Morgan fingerprint density at radius 1 is 1.22 bits per heavy atom. The fourth-order valence-corrected chi connectivity index (χ4v) is 3.55. The van der Waals surface area contributed by atoms with Gasteiger partial charge < -0.3 is 14.8 Å². The molecule has 1 fully saturated rings. The largest absolute Gasteiger partial charge is 0.356 e. The predicted octanol–water partition coefficient (Wildman–Crippen LogP) is 3.83. The molecular formula is C22H33N5. The first kappa shape index (κ1) is 19.5. The molecule has 1 aromatic heterocycles. The number of aliphatic imine (C=N–C) groups is 1. The fraction of sp³-hybridized carbons (Fsp3) is 0.545. The lowest BCUT2D eigenvalue weighted by Crippen LogP contribution is -2.72. The lowest BCUT2D eigenvalue weighted by Gasteiger charge is -2.62. The number of hydrogen-bond acceptors (Lipinski definition) is 2. The van der Waals surface area contributed by atoms with Gasteiger partial charge in [-0.1, -0.05) is 38.1 Å². The van der Waals surface area contributed by atoms with Gasteiger partial charge in [-0.15, -0.1) is 0 Å². The molecule has 0 atom stereocenters. The van der Waals surface area contributed by atoms with Gasteiger partial charge in [0.1, 0.15) is 5.82 Å². The zero-order chi connectivity index (χ0) is 19.7. The molecule has 0 radical (unpaired) electrons. The van der Waals surface area contributed by atoms with Crippen LogP contribution in [0, 0.1) is 12.3 Å². The van der Waals surface area contributed by atoms with E-state index in [1.54, 1.807) is 0 Å². The number of nitrogens with zero attached hydrogens (tertiary/aromatic N) is 4. The molecule has 27 heavy (non-hydrogen) atoms. The van der Waals surface area contributed by atoms with Crippen LogP contribution in [0.5, 0.6) is 0 Å². The number of benzene rings is 1. The van der Waals surface area contributed by atoms with Crippen molar-refractivity contribution in [2.24, 2.45) is 10.4 Å². The van der Waals surface area contributed by atoms with Crippen LogP contribution < -0.4 is 5.32 Å². The third kappa shape index (κ3) is 3.87. The minimum atomic E-state index is 0.106. The van der Waals surface area contributed by atoms with Gasteiger partial charge in [-0.2, -0.15) is 0 Å². The third-order valence-electron chi connectivity index (χ3n) is 6.15. The van der Waals surface area contributed by atoms with E-state index in [4.69, 9.17) is 4.99 Å². The van der Waals surface area contributed by atoms with Gasteiger partial charge in [-0.05, 0) is 38.8 Å². The molecule has 1 aromatic carbocycles. The quantitative estimate of drug-likeness (QED) is 0.645. The van der Waals surface area contributed by atoms with Crippen LogP contribution in [0.25, 0.3) is 0 Å². The number of hydrogen-bond donors (Lipinski definition) is 1. The van der Waals surface area contributed by atoms with Crippen LogP contribution in [0.2, 0.25) is 0 Å². The third-order valence-corrected chi connectivity index (χ3v) is 6.15. The van der Waals surface area contributed by atoms with Crippen molar-refractivity contribution >= 4 is 5.96 Å². The average Bonchev–Trinajstić information content (AvgIpc) is 3.02. The molecule has 1 aliphatic rings. The van der Waals surface area contributed by atoms with Gasteiger partial charge in [0.2, 0.25) is 0 Å². The van der Waals surface area contributed by atoms with Crippen molar-refractivity contribution in [3.05, 3.63) is 53.6 Å². The standard InChI is InChI=1S/C22H33N5/c1-7-23-20(27-16-21(3,4)22(27,5)6)25-14-18-9-8-10-19(13-18)15-26-12-11-24-17(26)2/h8-13H,7,14-16H2,1-6H3,(H,23,25). The van der Waals surface area contributed by atoms with E-state index in [1.807, 2.05) is 19.3 Å². The minimum Gasteiger partial charge on any atom is -0.356 e. The molecule has 2 heterocycles. The fourth-order valence-electron chi connectivity index (χ4n) is 3.55. The summed E-state index contributed by atoms with van der Waals surface area (Å²) in [5.74, 6) is 2.05. The molecule has 0 saturated carbocycles. The smallest absolute Gasteiger partial charge is 0.194 e. The van der Waals surface area contributed by atoms with Gasteiger partial charge in [-0.25, -0.2) is 9.98 Å². The first-order chi connectivity index (χ1) is 12.7. The maximum absolute atomic E-state index is 4.93. The van der Waals surface area contributed by atoms with E-state index in [0.29, 0.717) is 12.0 Å². The Balaban J connectivity index is 1.73. The Hall–Kier alpha value is -2.30. The summed E-state index contributed by atoms with van der Waals surface area (Å²) in [7, 11) is 0. The molecular weight excluding hydrogens is 334 g/mol. The van der Waals surface area contributed by atoms with E-state index in [9.17, 15) is 0 Å². The summed E-state index contributed by atoms with van der Waals surface area (Å²) >= 11 is 0. The number of guanidine groups is 1. The zero-order valence-corrected chi connectivity index (χ0v) is 17.6. The van der Waals surface area contributed by atoms with E-state index < -0.39 is 0 Å². The normalized spacial score (nSPS) is 18.3. The van der Waals surface area contributed by atoms with Gasteiger partial charge in [0.25, 0.3) is 0 Å². The number of nitrogens with one attached hydrogen (secondary N) is 1. The molecule has 0 unspecified atom stereocenters. The lowest BCUT2D eigenvalue weighted by molar-refractivity contribution is -0.0667.